The molecular weight excluding hydrogens is 279 g/mol. The smallest absolute Gasteiger partial charge is 0.465 e. The standard InChI is InChI=1S/C11H8F3N3O3/c1-20-9(18)6-2-3-8-15-7(5-17(8)4-6)16-10(19)11(12,13)14/h2-5H,1H3,(H,16,19). The summed E-state index contributed by atoms with van der Waals surface area (Å²) in [7, 11) is 1.20. The fourth-order valence-electron chi connectivity index (χ4n) is 1.48. The van der Waals surface area contributed by atoms with Crippen LogP contribution in [-0.2, 0) is 9.53 Å². The van der Waals surface area contributed by atoms with Crippen LogP contribution in [-0.4, -0.2) is 34.5 Å². The first-order valence-electron chi connectivity index (χ1n) is 5.26. The van der Waals surface area contributed by atoms with Crippen LogP contribution in [0, 0.1) is 0 Å². The van der Waals surface area contributed by atoms with Crippen LogP contribution >= 0.6 is 0 Å². The number of anilines is 1. The second kappa shape index (κ2) is 4.83. The van der Waals surface area contributed by atoms with Gasteiger partial charge >= 0.3 is 18.1 Å². The number of amides is 1. The maximum Gasteiger partial charge on any atom is 0.471 e. The number of carbonyl (C=O) groups excluding carboxylic acids is 2. The lowest BCUT2D eigenvalue weighted by molar-refractivity contribution is -0.167. The van der Waals surface area contributed by atoms with Gasteiger partial charge in [0.05, 0.1) is 18.9 Å². The molecular formula is C11H8F3N3O3. The van der Waals surface area contributed by atoms with Crippen LogP contribution in [0.25, 0.3) is 5.65 Å². The summed E-state index contributed by atoms with van der Waals surface area (Å²) in [4.78, 5) is 25.8. The predicted octanol–water partition coefficient (Wildman–Crippen LogP) is 1.62. The van der Waals surface area contributed by atoms with Crippen molar-refractivity contribution in [2.75, 3.05) is 12.4 Å². The highest BCUT2D eigenvalue weighted by molar-refractivity contribution is 5.94. The summed E-state index contributed by atoms with van der Waals surface area (Å²) in [6.07, 6.45) is -2.50. The average Bonchev–Trinajstić information content (AvgIpc) is 2.77. The summed E-state index contributed by atoms with van der Waals surface area (Å²) in [5.74, 6) is -2.98. The molecule has 0 radical (unpaired) electrons. The van der Waals surface area contributed by atoms with E-state index >= 15 is 0 Å². The van der Waals surface area contributed by atoms with Crippen LogP contribution in [0.2, 0.25) is 0 Å². The van der Waals surface area contributed by atoms with Crippen molar-refractivity contribution in [2.45, 2.75) is 6.18 Å². The van der Waals surface area contributed by atoms with E-state index in [4.69, 9.17) is 0 Å². The molecule has 2 aromatic rings. The molecule has 9 heteroatoms. The van der Waals surface area contributed by atoms with Crippen molar-refractivity contribution in [3.63, 3.8) is 0 Å². The number of alkyl halides is 3. The predicted molar refractivity (Wildman–Crippen MR) is 61.2 cm³/mol. The van der Waals surface area contributed by atoms with Crippen LogP contribution in [0.4, 0.5) is 19.0 Å². The highest BCUT2D eigenvalue weighted by atomic mass is 19.4. The van der Waals surface area contributed by atoms with E-state index in [1.807, 2.05) is 0 Å². The highest BCUT2D eigenvalue weighted by Gasteiger charge is 2.39. The molecule has 2 rings (SSSR count). The first-order chi connectivity index (χ1) is 9.31. The Labute approximate surface area is 110 Å². The molecule has 20 heavy (non-hydrogen) atoms. The van der Waals surface area contributed by atoms with Crippen LogP contribution in [0.15, 0.2) is 24.5 Å². The Kier molecular flexibility index (Phi) is 3.35. The second-order valence-electron chi connectivity index (χ2n) is 3.75. The molecule has 0 spiro atoms. The third-order valence-corrected chi connectivity index (χ3v) is 2.37. The van der Waals surface area contributed by atoms with Gasteiger partial charge in [-0.15, -0.1) is 0 Å². The largest absolute Gasteiger partial charge is 0.471 e. The van der Waals surface area contributed by atoms with Gasteiger partial charge in [0.25, 0.3) is 0 Å². The Balaban J connectivity index is 2.30. The third kappa shape index (κ3) is 2.71. The SMILES string of the molecule is COC(=O)c1ccc2nc(NC(=O)C(F)(F)F)cn2c1. The molecule has 0 saturated heterocycles. The molecule has 1 N–H and O–H groups in total. The lowest BCUT2D eigenvalue weighted by Crippen LogP contribution is -2.30. The minimum atomic E-state index is -4.99. The molecule has 0 aliphatic carbocycles. The van der Waals surface area contributed by atoms with E-state index in [1.165, 1.54) is 29.8 Å². The molecule has 2 aromatic heterocycles. The second-order valence-corrected chi connectivity index (χ2v) is 3.75. The van der Waals surface area contributed by atoms with E-state index in [0.717, 1.165) is 6.20 Å². The van der Waals surface area contributed by atoms with Gasteiger partial charge in [-0.1, -0.05) is 0 Å². The Hall–Kier alpha value is -2.58. The molecule has 0 fully saturated rings. The van der Waals surface area contributed by atoms with Gasteiger partial charge in [0.2, 0.25) is 0 Å². The molecule has 1 amide bonds. The Morgan fingerprint density at radius 3 is 2.60 bits per heavy atom. The molecule has 0 atom stereocenters. The van der Waals surface area contributed by atoms with Gasteiger partial charge in [0.1, 0.15) is 5.65 Å². The molecule has 0 aromatic carbocycles. The average molecular weight is 287 g/mol. The van der Waals surface area contributed by atoms with Gasteiger partial charge < -0.3 is 14.5 Å². The minimum Gasteiger partial charge on any atom is -0.465 e. The first-order valence-corrected chi connectivity index (χ1v) is 5.26. The molecule has 0 aliphatic heterocycles. The third-order valence-electron chi connectivity index (χ3n) is 2.37. The number of esters is 1. The number of aromatic nitrogens is 2. The number of fused-ring (bicyclic) bond motifs is 1. The number of rotatable bonds is 2. The number of pyridine rings is 1. The van der Waals surface area contributed by atoms with Gasteiger partial charge in [0.15, 0.2) is 5.82 Å². The zero-order chi connectivity index (χ0) is 14.9. The number of carbonyl (C=O) groups is 2. The van der Waals surface area contributed by atoms with Crippen LogP contribution in [0.5, 0.6) is 0 Å². The number of hydrogen-bond acceptors (Lipinski definition) is 4. The van der Waals surface area contributed by atoms with Gasteiger partial charge in [-0.05, 0) is 12.1 Å². The maximum atomic E-state index is 12.1. The first kappa shape index (κ1) is 13.8. The van der Waals surface area contributed by atoms with Crippen molar-refractivity contribution in [1.82, 2.24) is 9.38 Å². The number of methoxy groups -OCH3 is 1. The van der Waals surface area contributed by atoms with Crippen molar-refractivity contribution in [3.8, 4) is 0 Å². The maximum absolute atomic E-state index is 12.1. The summed E-state index contributed by atoms with van der Waals surface area (Å²) in [5.41, 5.74) is 0.473. The van der Waals surface area contributed by atoms with Gasteiger partial charge in [-0.25, -0.2) is 9.78 Å². The number of ether oxygens (including phenoxy) is 1. The van der Waals surface area contributed by atoms with E-state index < -0.39 is 18.1 Å². The van der Waals surface area contributed by atoms with Gasteiger partial charge in [-0.3, -0.25) is 4.79 Å². The van der Waals surface area contributed by atoms with Crippen molar-refractivity contribution in [3.05, 3.63) is 30.1 Å². The van der Waals surface area contributed by atoms with E-state index in [1.54, 1.807) is 5.32 Å². The highest BCUT2D eigenvalue weighted by Crippen LogP contribution is 2.18. The van der Waals surface area contributed by atoms with Crippen molar-refractivity contribution < 1.29 is 27.5 Å². The summed E-state index contributed by atoms with van der Waals surface area (Å²) in [6, 6.07) is 2.82. The number of nitrogens with zero attached hydrogens (tertiary/aromatic N) is 2. The normalized spacial score (nSPS) is 11.4. The quantitative estimate of drug-likeness (QED) is 0.852. The monoisotopic (exact) mass is 287 g/mol. The lowest BCUT2D eigenvalue weighted by atomic mass is 10.3. The van der Waals surface area contributed by atoms with Crippen LogP contribution < -0.4 is 5.32 Å². The van der Waals surface area contributed by atoms with Gasteiger partial charge in [0, 0.05) is 6.20 Å². The molecule has 106 valence electrons. The van der Waals surface area contributed by atoms with Gasteiger partial charge in [-0.2, -0.15) is 13.2 Å². The molecule has 0 aliphatic rings. The zero-order valence-electron chi connectivity index (χ0n) is 10.1. The Morgan fingerprint density at radius 1 is 1.30 bits per heavy atom. The summed E-state index contributed by atoms with van der Waals surface area (Å²) >= 11 is 0. The van der Waals surface area contributed by atoms with E-state index in [9.17, 15) is 22.8 Å². The summed E-state index contributed by atoms with van der Waals surface area (Å²) < 4.78 is 42.1. The van der Waals surface area contributed by atoms with E-state index in [2.05, 4.69) is 9.72 Å². The number of imidazole rings is 1. The van der Waals surface area contributed by atoms with Crippen molar-refractivity contribution in [2.24, 2.45) is 0 Å². The van der Waals surface area contributed by atoms with Crippen molar-refractivity contribution >= 4 is 23.3 Å². The molecule has 0 saturated carbocycles. The van der Waals surface area contributed by atoms with Crippen LogP contribution in [0.3, 0.4) is 0 Å². The zero-order valence-corrected chi connectivity index (χ0v) is 10.1. The summed E-state index contributed by atoms with van der Waals surface area (Å²) in [6.45, 7) is 0. The molecule has 2 heterocycles. The van der Waals surface area contributed by atoms with Crippen molar-refractivity contribution in [1.29, 1.82) is 0 Å². The number of halogens is 3. The van der Waals surface area contributed by atoms with E-state index in [0.29, 0.717) is 0 Å². The fraction of sp³-hybridized carbons (Fsp3) is 0.182. The Morgan fingerprint density at radius 2 is 2.00 bits per heavy atom. The Bertz CT molecular complexity index is 678. The van der Waals surface area contributed by atoms with Crippen LogP contribution in [0.1, 0.15) is 10.4 Å². The number of hydrogen-bond donors (Lipinski definition) is 1. The number of nitrogens with one attached hydrogen (secondary N) is 1. The molecule has 0 bridgehead atoms. The summed E-state index contributed by atoms with van der Waals surface area (Å²) in [5, 5.41) is 1.62. The molecule has 6 nitrogen and oxygen atoms in total. The van der Waals surface area contributed by atoms with E-state index in [-0.39, 0.29) is 17.0 Å². The lowest BCUT2D eigenvalue weighted by Gasteiger charge is -2.04. The fourth-order valence-corrected chi connectivity index (χ4v) is 1.48. The molecule has 0 unspecified atom stereocenters. The minimum absolute atomic E-state index is 0.200. The topological polar surface area (TPSA) is 72.7 Å².